The van der Waals surface area contributed by atoms with Gasteiger partial charge >= 0.3 is 5.97 Å². The second-order valence-electron chi connectivity index (χ2n) is 3.44. The predicted octanol–water partition coefficient (Wildman–Crippen LogP) is 3.40. The summed E-state index contributed by atoms with van der Waals surface area (Å²) in [4.78, 5) is 26.8. The van der Waals surface area contributed by atoms with Gasteiger partial charge in [-0.15, -0.1) is 11.3 Å². The van der Waals surface area contributed by atoms with Crippen LogP contribution < -0.4 is 5.32 Å². The number of thiazole rings is 1. The van der Waals surface area contributed by atoms with E-state index in [4.69, 9.17) is 28.3 Å². The Morgan fingerprint density at radius 2 is 1.89 bits per heavy atom. The minimum Gasteiger partial charge on any atom is -0.478 e. The van der Waals surface area contributed by atoms with Gasteiger partial charge in [0, 0.05) is 0 Å². The number of halogens is 2. The van der Waals surface area contributed by atoms with Gasteiger partial charge in [0.05, 0.1) is 33.0 Å². The highest BCUT2D eigenvalue weighted by molar-refractivity contribution is 7.11. The van der Waals surface area contributed by atoms with Crippen LogP contribution >= 0.6 is 34.5 Å². The van der Waals surface area contributed by atoms with Gasteiger partial charge in [-0.05, 0) is 12.1 Å². The molecule has 2 N–H and O–H groups in total. The molecule has 8 heteroatoms. The smallest absolute Gasteiger partial charge is 0.335 e. The highest BCUT2D eigenvalue weighted by Gasteiger charge is 2.15. The van der Waals surface area contributed by atoms with Crippen molar-refractivity contribution in [3.05, 3.63) is 44.3 Å². The first kappa shape index (κ1) is 13.8. The van der Waals surface area contributed by atoms with Crippen molar-refractivity contribution in [2.45, 2.75) is 0 Å². The third-order valence-electron chi connectivity index (χ3n) is 2.18. The molecule has 0 saturated heterocycles. The number of carbonyl (C=O) groups is 2. The Morgan fingerprint density at radius 3 is 2.37 bits per heavy atom. The number of carboxylic acids is 1. The zero-order valence-corrected chi connectivity index (χ0v) is 11.5. The molecule has 0 atom stereocenters. The molecule has 98 valence electrons. The molecule has 1 aromatic heterocycles. The van der Waals surface area contributed by atoms with Crippen LogP contribution in [0.4, 0.5) is 5.69 Å². The van der Waals surface area contributed by atoms with Gasteiger partial charge in [0.15, 0.2) is 0 Å². The summed E-state index contributed by atoms with van der Waals surface area (Å²) in [6, 6.07) is 2.44. The van der Waals surface area contributed by atoms with Crippen molar-refractivity contribution in [3.8, 4) is 0 Å². The van der Waals surface area contributed by atoms with Gasteiger partial charge in [0.1, 0.15) is 4.88 Å². The van der Waals surface area contributed by atoms with E-state index < -0.39 is 11.9 Å². The van der Waals surface area contributed by atoms with Crippen LogP contribution in [0.3, 0.4) is 0 Å². The SMILES string of the molecule is O=C(O)c1cc(Cl)c(NC(=O)c2cncs2)c(Cl)c1. The van der Waals surface area contributed by atoms with Crippen LogP contribution in [-0.2, 0) is 0 Å². The number of benzene rings is 1. The first-order valence-electron chi connectivity index (χ1n) is 4.91. The van der Waals surface area contributed by atoms with Crippen molar-refractivity contribution in [1.29, 1.82) is 0 Å². The lowest BCUT2D eigenvalue weighted by Crippen LogP contribution is -2.11. The molecule has 0 unspecified atom stereocenters. The normalized spacial score (nSPS) is 10.2. The van der Waals surface area contributed by atoms with Crippen LogP contribution in [-0.4, -0.2) is 22.0 Å². The number of aromatic carboxylic acids is 1. The Hall–Kier alpha value is -1.63. The van der Waals surface area contributed by atoms with Crippen molar-refractivity contribution in [2.24, 2.45) is 0 Å². The molecule has 1 amide bonds. The molecule has 0 aliphatic rings. The lowest BCUT2D eigenvalue weighted by molar-refractivity contribution is 0.0696. The predicted molar refractivity (Wildman–Crippen MR) is 73.5 cm³/mol. The number of nitrogens with zero attached hydrogens (tertiary/aromatic N) is 1. The Kier molecular flexibility index (Phi) is 4.04. The summed E-state index contributed by atoms with van der Waals surface area (Å²) in [5.74, 6) is -1.56. The van der Waals surface area contributed by atoms with Crippen LogP contribution in [0.2, 0.25) is 10.0 Å². The van der Waals surface area contributed by atoms with E-state index in [0.29, 0.717) is 4.88 Å². The van der Waals surface area contributed by atoms with Gasteiger partial charge in [0.25, 0.3) is 5.91 Å². The fourth-order valence-corrected chi connectivity index (χ4v) is 2.42. The van der Waals surface area contributed by atoms with Crippen LogP contribution in [0.5, 0.6) is 0 Å². The lowest BCUT2D eigenvalue weighted by atomic mass is 10.2. The minimum absolute atomic E-state index is 0.0502. The number of carbonyl (C=O) groups excluding carboxylic acids is 1. The molecule has 0 aliphatic carbocycles. The highest BCUT2D eigenvalue weighted by Crippen LogP contribution is 2.32. The third kappa shape index (κ3) is 3.04. The summed E-state index contributed by atoms with van der Waals surface area (Å²) in [7, 11) is 0. The Labute approximate surface area is 121 Å². The fourth-order valence-electron chi connectivity index (χ4n) is 1.32. The first-order valence-corrected chi connectivity index (χ1v) is 6.55. The summed E-state index contributed by atoms with van der Waals surface area (Å²) >= 11 is 13.0. The van der Waals surface area contributed by atoms with Crippen LogP contribution in [0, 0.1) is 0 Å². The summed E-state index contributed by atoms with van der Waals surface area (Å²) in [6.07, 6.45) is 1.41. The van der Waals surface area contributed by atoms with Gasteiger partial charge < -0.3 is 10.4 Å². The summed E-state index contributed by atoms with van der Waals surface area (Å²) in [5, 5.41) is 11.5. The third-order valence-corrected chi connectivity index (χ3v) is 3.55. The van der Waals surface area contributed by atoms with Crippen LogP contribution in [0.1, 0.15) is 20.0 Å². The second kappa shape index (κ2) is 5.56. The molecule has 1 heterocycles. The molecular formula is C11H6Cl2N2O3S. The molecule has 2 aromatic rings. The van der Waals surface area contributed by atoms with E-state index in [0.717, 1.165) is 0 Å². The highest BCUT2D eigenvalue weighted by atomic mass is 35.5. The van der Waals surface area contributed by atoms with E-state index >= 15 is 0 Å². The molecule has 0 saturated carbocycles. The zero-order valence-electron chi connectivity index (χ0n) is 9.18. The Balaban J connectivity index is 2.31. The number of hydrogen-bond acceptors (Lipinski definition) is 4. The van der Waals surface area contributed by atoms with Crippen molar-refractivity contribution in [3.63, 3.8) is 0 Å². The van der Waals surface area contributed by atoms with E-state index in [9.17, 15) is 9.59 Å². The monoisotopic (exact) mass is 316 g/mol. The number of rotatable bonds is 3. The topological polar surface area (TPSA) is 79.3 Å². The zero-order chi connectivity index (χ0) is 14.0. The van der Waals surface area contributed by atoms with Crippen LogP contribution in [0.15, 0.2) is 23.8 Å². The largest absolute Gasteiger partial charge is 0.478 e. The molecule has 0 fully saturated rings. The number of anilines is 1. The number of amides is 1. The number of carboxylic acid groups (broad SMARTS) is 1. The van der Waals surface area contributed by atoms with Crippen molar-refractivity contribution in [1.82, 2.24) is 4.98 Å². The van der Waals surface area contributed by atoms with Crippen LogP contribution in [0.25, 0.3) is 0 Å². The molecule has 2 rings (SSSR count). The van der Waals surface area contributed by atoms with E-state index in [2.05, 4.69) is 10.3 Å². The number of aromatic nitrogens is 1. The quantitative estimate of drug-likeness (QED) is 0.909. The summed E-state index contributed by atoms with van der Waals surface area (Å²) in [5.41, 5.74) is 1.64. The van der Waals surface area contributed by atoms with E-state index in [-0.39, 0.29) is 21.3 Å². The standard InChI is InChI=1S/C11H6Cl2N2O3S/c12-6-1-5(11(17)18)2-7(13)9(6)15-10(16)8-3-14-4-19-8/h1-4H,(H,15,16)(H,17,18). The summed E-state index contributed by atoms with van der Waals surface area (Å²) < 4.78 is 0. The molecule has 0 bridgehead atoms. The van der Waals surface area contributed by atoms with Crippen molar-refractivity contribution in [2.75, 3.05) is 5.32 Å². The van der Waals surface area contributed by atoms with Crippen molar-refractivity contribution < 1.29 is 14.7 Å². The molecule has 0 aliphatic heterocycles. The Bertz CT molecular complexity index is 620. The van der Waals surface area contributed by atoms with Crippen molar-refractivity contribution >= 4 is 52.1 Å². The maximum Gasteiger partial charge on any atom is 0.335 e. The lowest BCUT2D eigenvalue weighted by Gasteiger charge is -2.09. The maximum absolute atomic E-state index is 11.8. The molecule has 19 heavy (non-hydrogen) atoms. The number of hydrogen-bond donors (Lipinski definition) is 2. The minimum atomic E-state index is -1.15. The average molecular weight is 317 g/mol. The van der Waals surface area contributed by atoms with E-state index in [1.54, 1.807) is 0 Å². The second-order valence-corrected chi connectivity index (χ2v) is 5.14. The molecule has 0 radical (unpaired) electrons. The summed E-state index contributed by atoms with van der Waals surface area (Å²) in [6.45, 7) is 0. The van der Waals surface area contributed by atoms with E-state index in [1.165, 1.54) is 35.2 Å². The molecule has 1 aromatic carbocycles. The fraction of sp³-hybridized carbons (Fsp3) is 0. The molecule has 5 nitrogen and oxygen atoms in total. The first-order chi connectivity index (χ1) is 8.99. The number of nitrogens with one attached hydrogen (secondary N) is 1. The molecule has 0 spiro atoms. The maximum atomic E-state index is 11.8. The van der Waals surface area contributed by atoms with E-state index in [1.807, 2.05) is 0 Å². The van der Waals surface area contributed by atoms with Gasteiger partial charge in [-0.2, -0.15) is 0 Å². The van der Waals surface area contributed by atoms with Gasteiger partial charge in [-0.1, -0.05) is 23.2 Å². The van der Waals surface area contributed by atoms with Gasteiger partial charge in [-0.25, -0.2) is 4.79 Å². The van der Waals surface area contributed by atoms with Gasteiger partial charge in [-0.3, -0.25) is 9.78 Å². The molecular weight excluding hydrogens is 311 g/mol. The Morgan fingerprint density at radius 1 is 1.26 bits per heavy atom. The van der Waals surface area contributed by atoms with Gasteiger partial charge in [0.2, 0.25) is 0 Å². The average Bonchev–Trinajstić information content (AvgIpc) is 2.86.